The lowest BCUT2D eigenvalue weighted by atomic mass is 10.0. The maximum Gasteiger partial charge on any atom is 0.326 e. The van der Waals surface area contributed by atoms with Crippen LogP contribution in [0.4, 0.5) is 0 Å². The molecule has 2 rings (SSSR count). The molecule has 0 bridgehead atoms. The van der Waals surface area contributed by atoms with E-state index < -0.39 is 79.2 Å². The molecular weight excluding hydrogens is 506 g/mol. The van der Waals surface area contributed by atoms with Crippen molar-refractivity contribution < 1.29 is 49.2 Å². The predicted molar refractivity (Wildman–Crippen MR) is 130 cm³/mol. The number of amides is 3. The number of fused-ring (bicyclic) bond motifs is 1. The maximum absolute atomic E-state index is 12.7. The number of nitrogens with two attached hydrogens (primary N) is 1. The molecule has 0 fully saturated rings. The van der Waals surface area contributed by atoms with Crippen molar-refractivity contribution in [2.45, 2.75) is 49.9 Å². The summed E-state index contributed by atoms with van der Waals surface area (Å²) >= 11 is 0. The quantitative estimate of drug-likeness (QED) is 0.119. The van der Waals surface area contributed by atoms with Crippen molar-refractivity contribution in [1.29, 1.82) is 0 Å². The molecule has 4 unspecified atom stereocenters. The highest BCUT2D eigenvalue weighted by molar-refractivity contribution is 5.96. The Bertz CT molecular complexity index is 1200. The number of carboxylic acids is 3. The molecule has 1 aromatic carbocycles. The number of aliphatic carboxylic acids is 3. The first-order valence-corrected chi connectivity index (χ1v) is 11.4. The van der Waals surface area contributed by atoms with Crippen LogP contribution in [0.1, 0.15) is 24.8 Å². The minimum absolute atomic E-state index is 0.122. The normalized spacial score (nSPS) is 14.1. The summed E-state index contributed by atoms with van der Waals surface area (Å²) in [5.41, 5.74) is 6.93. The van der Waals surface area contributed by atoms with Gasteiger partial charge in [0.15, 0.2) is 0 Å². The van der Waals surface area contributed by atoms with E-state index in [1.165, 1.54) is 0 Å². The number of benzene rings is 1. The number of nitrogens with one attached hydrogen (secondary N) is 4. The molecule has 4 atom stereocenters. The number of H-pyrrole nitrogens is 1. The second-order valence-electron chi connectivity index (χ2n) is 8.40. The van der Waals surface area contributed by atoms with Gasteiger partial charge in [0.25, 0.3) is 0 Å². The van der Waals surface area contributed by atoms with Gasteiger partial charge in [-0.3, -0.25) is 24.0 Å². The van der Waals surface area contributed by atoms with Gasteiger partial charge in [-0.15, -0.1) is 0 Å². The van der Waals surface area contributed by atoms with Crippen LogP contribution >= 0.6 is 0 Å². The molecule has 38 heavy (non-hydrogen) atoms. The molecule has 0 aliphatic rings. The Kier molecular flexibility index (Phi) is 10.7. The molecule has 0 saturated heterocycles. The van der Waals surface area contributed by atoms with E-state index in [0.717, 1.165) is 10.9 Å². The zero-order valence-corrected chi connectivity index (χ0v) is 20.0. The molecule has 15 heteroatoms. The summed E-state index contributed by atoms with van der Waals surface area (Å²) < 4.78 is 0. The molecule has 0 aliphatic carbocycles. The molecule has 1 heterocycles. The predicted octanol–water partition coefficient (Wildman–Crippen LogP) is -2.09. The third-order valence-electron chi connectivity index (χ3n) is 5.55. The van der Waals surface area contributed by atoms with Crippen LogP contribution in [0, 0.1) is 0 Å². The van der Waals surface area contributed by atoms with Crippen molar-refractivity contribution in [3.05, 3.63) is 36.0 Å². The van der Waals surface area contributed by atoms with Crippen molar-refractivity contribution in [3.8, 4) is 0 Å². The molecule has 3 amide bonds. The number of carbonyl (C=O) groups is 6. The second-order valence-corrected chi connectivity index (χ2v) is 8.40. The van der Waals surface area contributed by atoms with Crippen molar-refractivity contribution in [2.24, 2.45) is 5.73 Å². The summed E-state index contributed by atoms with van der Waals surface area (Å²) in [5.74, 6) is -7.30. The summed E-state index contributed by atoms with van der Waals surface area (Å²) in [4.78, 5) is 74.2. The van der Waals surface area contributed by atoms with Crippen LogP contribution in [0.15, 0.2) is 30.5 Å². The first-order chi connectivity index (χ1) is 17.9. The standard InChI is InChI=1S/C23H29N5O10/c24-13(5-6-18(30)31)20(34)26-15(8-19(32)33)21(35)28-17(10-29)22(36)27-16(23(37)38)7-11-9-25-14-4-2-1-3-12(11)14/h1-4,9,13,15-17,25,29H,5-8,10,24H2,(H,26,34)(H,27,36)(H,28,35)(H,30,31)(H,32,33)(H,37,38). The maximum atomic E-state index is 12.7. The monoisotopic (exact) mass is 535 g/mol. The molecule has 10 N–H and O–H groups in total. The van der Waals surface area contributed by atoms with E-state index in [2.05, 4.69) is 20.9 Å². The molecule has 0 radical (unpaired) electrons. The van der Waals surface area contributed by atoms with Gasteiger partial charge < -0.3 is 47.1 Å². The van der Waals surface area contributed by atoms with Gasteiger partial charge in [0.05, 0.1) is 19.1 Å². The van der Waals surface area contributed by atoms with Crippen LogP contribution in [0.2, 0.25) is 0 Å². The van der Waals surface area contributed by atoms with Crippen LogP contribution in [0.3, 0.4) is 0 Å². The van der Waals surface area contributed by atoms with E-state index in [-0.39, 0.29) is 12.8 Å². The average Bonchev–Trinajstić information content (AvgIpc) is 3.27. The number of rotatable bonds is 15. The van der Waals surface area contributed by atoms with Gasteiger partial charge >= 0.3 is 17.9 Å². The third-order valence-corrected chi connectivity index (χ3v) is 5.55. The number of aromatic amines is 1. The summed E-state index contributed by atoms with van der Waals surface area (Å²) in [6, 6.07) is 0.912. The highest BCUT2D eigenvalue weighted by Crippen LogP contribution is 2.19. The number of aliphatic hydroxyl groups excluding tert-OH is 1. The lowest BCUT2D eigenvalue weighted by Crippen LogP contribution is -2.58. The molecular formula is C23H29N5O10. The summed E-state index contributed by atoms with van der Waals surface area (Å²) in [6.07, 6.45) is -0.166. The van der Waals surface area contributed by atoms with Crippen LogP contribution in [-0.2, 0) is 35.2 Å². The van der Waals surface area contributed by atoms with Gasteiger partial charge in [0.2, 0.25) is 17.7 Å². The number of aliphatic hydroxyl groups is 1. The lowest BCUT2D eigenvalue weighted by Gasteiger charge is -2.23. The number of hydrogen-bond acceptors (Lipinski definition) is 8. The number of hydrogen-bond donors (Lipinski definition) is 9. The van der Waals surface area contributed by atoms with E-state index in [0.29, 0.717) is 5.56 Å². The second kappa shape index (κ2) is 13.7. The lowest BCUT2D eigenvalue weighted by molar-refractivity contribution is -0.143. The van der Waals surface area contributed by atoms with E-state index in [4.69, 9.17) is 15.9 Å². The Hall–Kier alpha value is -4.50. The SMILES string of the molecule is NC(CCC(=O)O)C(=O)NC(CC(=O)O)C(=O)NC(CO)C(=O)NC(Cc1c[nH]c2ccccc12)C(=O)O. The Labute approximate surface area is 215 Å². The zero-order chi connectivity index (χ0) is 28.4. The largest absolute Gasteiger partial charge is 0.481 e. The van der Waals surface area contributed by atoms with E-state index in [1.54, 1.807) is 30.5 Å². The molecule has 2 aromatic rings. The van der Waals surface area contributed by atoms with Gasteiger partial charge in [-0.25, -0.2) is 4.79 Å². The molecule has 15 nitrogen and oxygen atoms in total. The van der Waals surface area contributed by atoms with Crippen molar-refractivity contribution in [2.75, 3.05) is 6.61 Å². The minimum atomic E-state index is -1.72. The fourth-order valence-electron chi connectivity index (χ4n) is 3.53. The highest BCUT2D eigenvalue weighted by atomic mass is 16.4. The average molecular weight is 536 g/mol. The van der Waals surface area contributed by atoms with Gasteiger partial charge in [-0.2, -0.15) is 0 Å². The number of carbonyl (C=O) groups excluding carboxylic acids is 3. The first-order valence-electron chi connectivity index (χ1n) is 11.4. The van der Waals surface area contributed by atoms with Gasteiger partial charge in [-0.1, -0.05) is 18.2 Å². The number of para-hydroxylation sites is 1. The Morgan fingerprint density at radius 2 is 1.45 bits per heavy atom. The number of aromatic nitrogens is 1. The summed E-state index contributed by atoms with van der Waals surface area (Å²) in [7, 11) is 0. The van der Waals surface area contributed by atoms with Crippen molar-refractivity contribution in [1.82, 2.24) is 20.9 Å². The van der Waals surface area contributed by atoms with Crippen LogP contribution < -0.4 is 21.7 Å². The molecule has 0 spiro atoms. The first kappa shape index (κ1) is 29.7. The van der Waals surface area contributed by atoms with E-state index in [1.807, 2.05) is 0 Å². The van der Waals surface area contributed by atoms with Crippen LogP contribution in [-0.4, -0.2) is 91.8 Å². The zero-order valence-electron chi connectivity index (χ0n) is 20.0. The Balaban J connectivity index is 2.08. The van der Waals surface area contributed by atoms with Crippen LogP contribution in [0.5, 0.6) is 0 Å². The van der Waals surface area contributed by atoms with E-state index >= 15 is 0 Å². The molecule has 1 aromatic heterocycles. The Morgan fingerprint density at radius 3 is 2.05 bits per heavy atom. The fourth-order valence-corrected chi connectivity index (χ4v) is 3.53. The fraction of sp³-hybridized carbons (Fsp3) is 0.391. The van der Waals surface area contributed by atoms with Gasteiger partial charge in [0.1, 0.15) is 18.1 Å². The minimum Gasteiger partial charge on any atom is -0.481 e. The third kappa shape index (κ3) is 8.56. The topological polar surface area (TPSA) is 261 Å². The molecule has 0 saturated carbocycles. The van der Waals surface area contributed by atoms with Gasteiger partial charge in [-0.05, 0) is 18.1 Å². The molecule has 0 aliphatic heterocycles. The summed E-state index contributed by atoms with van der Waals surface area (Å²) in [5, 5.41) is 44.2. The van der Waals surface area contributed by atoms with Gasteiger partial charge in [0, 0.05) is 29.9 Å². The van der Waals surface area contributed by atoms with E-state index in [9.17, 15) is 39.0 Å². The van der Waals surface area contributed by atoms with Crippen molar-refractivity contribution in [3.63, 3.8) is 0 Å². The van der Waals surface area contributed by atoms with Crippen molar-refractivity contribution >= 4 is 46.5 Å². The highest BCUT2D eigenvalue weighted by Gasteiger charge is 2.31. The van der Waals surface area contributed by atoms with Crippen LogP contribution in [0.25, 0.3) is 10.9 Å². The number of carboxylic acid groups (broad SMARTS) is 3. The molecule has 206 valence electrons. The smallest absolute Gasteiger partial charge is 0.326 e. The Morgan fingerprint density at radius 1 is 0.842 bits per heavy atom. The summed E-state index contributed by atoms with van der Waals surface area (Å²) in [6.45, 7) is -0.969.